The van der Waals surface area contributed by atoms with Gasteiger partial charge < -0.3 is 11.1 Å². The van der Waals surface area contributed by atoms with Gasteiger partial charge in [0.05, 0.1) is 5.54 Å². The summed E-state index contributed by atoms with van der Waals surface area (Å²) in [4.78, 5) is 2.61. The predicted molar refractivity (Wildman–Crippen MR) is 88.2 cm³/mol. The Morgan fingerprint density at radius 3 is 2.55 bits per heavy atom. The fourth-order valence-corrected chi connectivity index (χ4v) is 3.53. The van der Waals surface area contributed by atoms with Crippen LogP contribution in [0.2, 0.25) is 0 Å². The first kappa shape index (κ1) is 14.4. The van der Waals surface area contributed by atoms with Gasteiger partial charge in [0.25, 0.3) is 0 Å². The summed E-state index contributed by atoms with van der Waals surface area (Å²) in [6, 6.07) is 5.27. The second-order valence-electron chi connectivity index (χ2n) is 6.49. The van der Waals surface area contributed by atoms with Crippen LogP contribution in [0.3, 0.4) is 0 Å². The van der Waals surface area contributed by atoms with Crippen LogP contribution in [-0.2, 0) is 0 Å². The highest BCUT2D eigenvalue weighted by Gasteiger charge is 2.42. The summed E-state index contributed by atoms with van der Waals surface area (Å²) in [6.45, 7) is 7.25. The fourth-order valence-electron chi connectivity index (χ4n) is 3.30. The van der Waals surface area contributed by atoms with Gasteiger partial charge in [-0.3, -0.25) is 4.90 Å². The number of nitrogens with one attached hydrogen (secondary N) is 1. The lowest BCUT2D eigenvalue weighted by atomic mass is 9.97. The highest BCUT2D eigenvalue weighted by molar-refractivity contribution is 9.10. The molecule has 110 valence electrons. The summed E-state index contributed by atoms with van der Waals surface area (Å²) < 4.78 is 1.20. The van der Waals surface area contributed by atoms with Gasteiger partial charge in [0.2, 0.25) is 0 Å². The smallest absolute Gasteiger partial charge is 0.0634 e. The summed E-state index contributed by atoms with van der Waals surface area (Å²) >= 11 is 3.63. The van der Waals surface area contributed by atoms with E-state index in [0.29, 0.717) is 6.54 Å². The molecule has 1 aliphatic heterocycles. The number of nitrogens with zero attached hydrogens (tertiary/aromatic N) is 1. The fraction of sp³-hybridized carbons (Fsp3) is 0.625. The van der Waals surface area contributed by atoms with E-state index in [1.165, 1.54) is 40.7 Å². The molecule has 2 fully saturated rings. The van der Waals surface area contributed by atoms with Crippen molar-refractivity contribution in [3.63, 3.8) is 0 Å². The van der Waals surface area contributed by atoms with Crippen LogP contribution in [0.25, 0.3) is 0 Å². The molecule has 0 aromatic heterocycles. The number of halogens is 1. The van der Waals surface area contributed by atoms with Crippen molar-refractivity contribution in [3.05, 3.63) is 27.7 Å². The second kappa shape index (κ2) is 5.32. The van der Waals surface area contributed by atoms with E-state index in [4.69, 9.17) is 5.73 Å². The van der Waals surface area contributed by atoms with Crippen LogP contribution < -0.4 is 11.1 Å². The van der Waals surface area contributed by atoms with Gasteiger partial charge in [0, 0.05) is 35.8 Å². The van der Waals surface area contributed by atoms with Crippen LogP contribution in [-0.4, -0.2) is 36.1 Å². The minimum Gasteiger partial charge on any atom is -0.377 e. The van der Waals surface area contributed by atoms with Crippen molar-refractivity contribution in [1.82, 2.24) is 4.90 Å². The highest BCUT2D eigenvalue weighted by atomic mass is 79.9. The van der Waals surface area contributed by atoms with E-state index in [9.17, 15) is 0 Å². The lowest BCUT2D eigenvalue weighted by Crippen LogP contribution is -2.48. The SMILES string of the molecule is Cc1cc(NC2(CN)CCN(C3CC3)C2)cc(C)c1Br. The lowest BCUT2D eigenvalue weighted by molar-refractivity contribution is 0.309. The van der Waals surface area contributed by atoms with Crippen molar-refractivity contribution in [2.24, 2.45) is 5.73 Å². The van der Waals surface area contributed by atoms with Crippen molar-refractivity contribution in [1.29, 1.82) is 0 Å². The number of hydrogen-bond acceptors (Lipinski definition) is 3. The number of anilines is 1. The van der Waals surface area contributed by atoms with Crippen molar-refractivity contribution < 1.29 is 0 Å². The van der Waals surface area contributed by atoms with Crippen molar-refractivity contribution in [2.45, 2.75) is 44.7 Å². The van der Waals surface area contributed by atoms with Gasteiger partial charge in [-0.1, -0.05) is 15.9 Å². The molecule has 0 amide bonds. The summed E-state index contributed by atoms with van der Waals surface area (Å²) in [7, 11) is 0. The van der Waals surface area contributed by atoms with Crippen LogP contribution in [0.5, 0.6) is 0 Å². The minimum atomic E-state index is 0.0509. The number of benzene rings is 1. The third-order valence-electron chi connectivity index (χ3n) is 4.68. The van der Waals surface area contributed by atoms with Gasteiger partial charge in [-0.15, -0.1) is 0 Å². The van der Waals surface area contributed by atoms with Crippen LogP contribution in [0.15, 0.2) is 16.6 Å². The number of hydrogen-bond donors (Lipinski definition) is 2. The van der Waals surface area contributed by atoms with E-state index >= 15 is 0 Å². The monoisotopic (exact) mass is 337 g/mol. The zero-order chi connectivity index (χ0) is 14.3. The molecule has 0 spiro atoms. The molecule has 2 aliphatic rings. The molecule has 0 radical (unpaired) electrons. The summed E-state index contributed by atoms with van der Waals surface area (Å²) in [6.07, 6.45) is 3.89. The lowest BCUT2D eigenvalue weighted by Gasteiger charge is -2.31. The molecule has 4 heteroatoms. The summed E-state index contributed by atoms with van der Waals surface area (Å²) in [5.74, 6) is 0. The van der Waals surface area contributed by atoms with Crippen LogP contribution >= 0.6 is 15.9 Å². The molecule has 3 N–H and O–H groups in total. The molecule has 1 aliphatic carbocycles. The molecule has 1 heterocycles. The normalized spacial score (nSPS) is 27.0. The Balaban J connectivity index is 1.78. The largest absolute Gasteiger partial charge is 0.377 e. The second-order valence-corrected chi connectivity index (χ2v) is 7.28. The Hall–Kier alpha value is -0.580. The van der Waals surface area contributed by atoms with Crippen molar-refractivity contribution >= 4 is 21.6 Å². The van der Waals surface area contributed by atoms with Gasteiger partial charge in [-0.2, -0.15) is 0 Å². The maximum atomic E-state index is 6.11. The molecule has 1 saturated heterocycles. The molecular formula is C16H24BrN3. The van der Waals surface area contributed by atoms with Crippen molar-refractivity contribution in [3.8, 4) is 0 Å². The molecular weight excluding hydrogens is 314 g/mol. The van der Waals surface area contributed by atoms with Gasteiger partial charge in [0.1, 0.15) is 0 Å². The van der Waals surface area contributed by atoms with E-state index < -0.39 is 0 Å². The molecule has 1 aromatic rings. The first-order chi connectivity index (χ1) is 9.53. The molecule has 1 aromatic carbocycles. The van der Waals surface area contributed by atoms with E-state index in [1.807, 2.05) is 0 Å². The third kappa shape index (κ3) is 2.74. The van der Waals surface area contributed by atoms with Crippen molar-refractivity contribution in [2.75, 3.05) is 25.0 Å². The van der Waals surface area contributed by atoms with E-state index in [1.54, 1.807) is 0 Å². The van der Waals surface area contributed by atoms with Gasteiger partial charge in [-0.25, -0.2) is 0 Å². The number of likely N-dealkylation sites (tertiary alicyclic amines) is 1. The van der Waals surface area contributed by atoms with Gasteiger partial charge in [-0.05, 0) is 56.4 Å². The van der Waals surface area contributed by atoms with E-state index in [0.717, 1.165) is 19.0 Å². The number of aryl methyl sites for hydroxylation is 2. The molecule has 0 bridgehead atoms. The highest BCUT2D eigenvalue weighted by Crippen LogP contribution is 2.35. The first-order valence-electron chi connectivity index (χ1n) is 7.52. The topological polar surface area (TPSA) is 41.3 Å². The average molecular weight is 338 g/mol. The molecule has 20 heavy (non-hydrogen) atoms. The summed E-state index contributed by atoms with van der Waals surface area (Å²) in [5, 5.41) is 3.74. The Bertz CT molecular complexity index is 489. The molecule has 1 saturated carbocycles. The van der Waals surface area contributed by atoms with E-state index in [-0.39, 0.29) is 5.54 Å². The number of nitrogens with two attached hydrogens (primary N) is 1. The Morgan fingerprint density at radius 1 is 1.35 bits per heavy atom. The molecule has 3 rings (SSSR count). The Kier molecular flexibility index (Phi) is 3.82. The van der Waals surface area contributed by atoms with Crippen LogP contribution in [0.1, 0.15) is 30.4 Å². The van der Waals surface area contributed by atoms with Crippen LogP contribution in [0.4, 0.5) is 5.69 Å². The van der Waals surface area contributed by atoms with E-state index in [2.05, 4.69) is 52.1 Å². The molecule has 1 atom stereocenters. The maximum Gasteiger partial charge on any atom is 0.0634 e. The minimum absolute atomic E-state index is 0.0509. The Morgan fingerprint density at radius 2 is 2.00 bits per heavy atom. The van der Waals surface area contributed by atoms with Crippen LogP contribution in [0, 0.1) is 13.8 Å². The maximum absolute atomic E-state index is 6.11. The zero-order valence-electron chi connectivity index (χ0n) is 12.4. The third-order valence-corrected chi connectivity index (χ3v) is 5.93. The zero-order valence-corrected chi connectivity index (χ0v) is 14.0. The molecule has 3 nitrogen and oxygen atoms in total. The Labute approximate surface area is 130 Å². The summed E-state index contributed by atoms with van der Waals surface area (Å²) in [5.41, 5.74) is 9.91. The first-order valence-corrected chi connectivity index (χ1v) is 8.31. The number of rotatable bonds is 4. The van der Waals surface area contributed by atoms with Gasteiger partial charge >= 0.3 is 0 Å². The van der Waals surface area contributed by atoms with Gasteiger partial charge in [0.15, 0.2) is 0 Å². The molecule has 1 unspecified atom stereocenters. The standard InChI is InChI=1S/C16H24BrN3/c1-11-7-13(8-12(2)15(11)17)19-16(9-18)5-6-20(10-16)14-3-4-14/h7-8,14,19H,3-6,9-10,18H2,1-2H3. The average Bonchev–Trinajstić information content (AvgIpc) is 3.18. The predicted octanol–water partition coefficient (Wildman–Crippen LogP) is 3.04. The quantitative estimate of drug-likeness (QED) is 0.887.